The molecule has 1 aliphatic carbocycles. The van der Waals surface area contributed by atoms with E-state index in [2.05, 4.69) is 0 Å². The minimum absolute atomic E-state index is 0.0904. The van der Waals surface area contributed by atoms with Gasteiger partial charge < -0.3 is 5.11 Å². The molecule has 1 N–H and O–H groups in total. The number of aryl methyl sites for hydroxylation is 1. The molecule has 0 bridgehead atoms. The molecule has 0 atom stereocenters. The first-order chi connectivity index (χ1) is 9.66. The van der Waals surface area contributed by atoms with E-state index in [1.54, 1.807) is 18.2 Å². The van der Waals surface area contributed by atoms with Gasteiger partial charge in [0.15, 0.2) is 5.78 Å². The van der Waals surface area contributed by atoms with Crippen molar-refractivity contribution in [2.24, 2.45) is 0 Å². The van der Waals surface area contributed by atoms with Crippen LogP contribution >= 0.6 is 0 Å². The van der Waals surface area contributed by atoms with Gasteiger partial charge in [0.25, 0.3) is 0 Å². The maximum atomic E-state index is 12.6. The molecule has 1 aliphatic rings. The van der Waals surface area contributed by atoms with Crippen LogP contribution in [0.25, 0.3) is 5.57 Å². The van der Waals surface area contributed by atoms with Crippen molar-refractivity contribution >= 4 is 11.4 Å². The number of fused-ring (bicyclic) bond motifs is 1. The summed E-state index contributed by atoms with van der Waals surface area (Å²) in [6.07, 6.45) is 1.53. The lowest BCUT2D eigenvalue weighted by Gasteiger charge is -2.20. The fraction of sp³-hybridized carbons (Fsp3) is 0.167. The Balaban J connectivity index is 2.06. The van der Waals surface area contributed by atoms with Crippen LogP contribution in [0.1, 0.15) is 34.8 Å². The molecule has 2 nitrogen and oxygen atoms in total. The van der Waals surface area contributed by atoms with Crippen LogP contribution < -0.4 is 0 Å². The highest BCUT2D eigenvalue weighted by atomic mass is 16.3. The zero-order valence-corrected chi connectivity index (χ0v) is 11.4. The number of hydrogen-bond acceptors (Lipinski definition) is 2. The summed E-state index contributed by atoms with van der Waals surface area (Å²) in [4.78, 5) is 12.6. The van der Waals surface area contributed by atoms with E-state index in [-0.39, 0.29) is 11.5 Å². The second-order valence-corrected chi connectivity index (χ2v) is 5.14. The van der Waals surface area contributed by atoms with E-state index < -0.39 is 0 Å². The Morgan fingerprint density at radius 1 is 1.05 bits per heavy atom. The summed E-state index contributed by atoms with van der Waals surface area (Å²) in [5.74, 6) is 0.316. The summed E-state index contributed by atoms with van der Waals surface area (Å²) in [7, 11) is 0. The third kappa shape index (κ3) is 2.14. The molecule has 20 heavy (non-hydrogen) atoms. The number of phenolic OH excluding ortho intramolecular Hbond substituents is 1. The third-order valence-corrected chi connectivity index (χ3v) is 3.91. The molecule has 0 radical (unpaired) electrons. The predicted octanol–water partition coefficient (Wildman–Crippen LogP) is 3.99. The SMILES string of the molecule is CC(=C1CCc2cc(O)ccc2C1=O)c1ccccc1. The highest BCUT2D eigenvalue weighted by molar-refractivity contribution is 6.14. The average molecular weight is 264 g/mol. The number of allylic oxidation sites excluding steroid dienone is 2. The molecular formula is C18H16O2. The van der Waals surface area contributed by atoms with Crippen molar-refractivity contribution in [3.63, 3.8) is 0 Å². The number of phenols is 1. The molecule has 3 rings (SSSR count). The van der Waals surface area contributed by atoms with Gasteiger partial charge in [-0.1, -0.05) is 30.3 Å². The molecule has 0 fully saturated rings. The summed E-state index contributed by atoms with van der Waals surface area (Å²) in [5.41, 5.74) is 4.70. The molecule has 100 valence electrons. The van der Waals surface area contributed by atoms with E-state index in [4.69, 9.17) is 0 Å². The number of rotatable bonds is 1. The maximum Gasteiger partial charge on any atom is 0.189 e. The first-order valence-corrected chi connectivity index (χ1v) is 6.78. The number of hydrogen-bond donors (Lipinski definition) is 1. The normalized spacial score (nSPS) is 16.8. The van der Waals surface area contributed by atoms with Crippen LogP contribution in [-0.2, 0) is 6.42 Å². The number of carbonyl (C=O) groups excluding carboxylic acids is 1. The lowest BCUT2D eigenvalue weighted by atomic mass is 9.83. The smallest absolute Gasteiger partial charge is 0.189 e. The summed E-state index contributed by atoms with van der Waals surface area (Å²) in [6, 6.07) is 15.0. The molecule has 0 aromatic heterocycles. The average Bonchev–Trinajstić information content (AvgIpc) is 2.48. The number of benzene rings is 2. The van der Waals surface area contributed by atoms with Gasteiger partial charge in [-0.05, 0) is 54.7 Å². The number of ketones is 1. The zero-order valence-electron chi connectivity index (χ0n) is 11.4. The Hall–Kier alpha value is -2.35. The van der Waals surface area contributed by atoms with Crippen LogP contribution in [0.4, 0.5) is 0 Å². The quantitative estimate of drug-likeness (QED) is 0.791. The predicted molar refractivity (Wildman–Crippen MR) is 79.8 cm³/mol. The molecular weight excluding hydrogens is 248 g/mol. The van der Waals surface area contributed by atoms with Crippen molar-refractivity contribution in [2.45, 2.75) is 19.8 Å². The molecule has 0 saturated heterocycles. The standard InChI is InChI=1S/C18H16O2/c1-12(13-5-3-2-4-6-13)16-9-7-14-11-15(19)8-10-17(14)18(16)20/h2-6,8,10-11,19H,7,9H2,1H3. The lowest BCUT2D eigenvalue weighted by molar-refractivity contribution is 0.102. The summed E-state index contributed by atoms with van der Waals surface area (Å²) < 4.78 is 0. The van der Waals surface area contributed by atoms with E-state index in [1.165, 1.54) is 0 Å². The molecule has 0 unspecified atom stereocenters. The third-order valence-electron chi connectivity index (χ3n) is 3.91. The molecule has 2 aromatic rings. The van der Waals surface area contributed by atoms with Crippen LogP contribution in [0.2, 0.25) is 0 Å². The van der Waals surface area contributed by atoms with Gasteiger partial charge >= 0.3 is 0 Å². The molecule has 2 aromatic carbocycles. The monoisotopic (exact) mass is 264 g/mol. The fourth-order valence-electron chi connectivity index (χ4n) is 2.76. The Bertz CT molecular complexity index is 697. The Morgan fingerprint density at radius 2 is 1.80 bits per heavy atom. The van der Waals surface area contributed by atoms with Crippen LogP contribution in [0.5, 0.6) is 5.75 Å². The zero-order chi connectivity index (χ0) is 14.1. The number of aromatic hydroxyl groups is 1. The van der Waals surface area contributed by atoms with Gasteiger partial charge in [-0.25, -0.2) is 0 Å². The topological polar surface area (TPSA) is 37.3 Å². The summed E-state index contributed by atoms with van der Waals surface area (Å²) in [6.45, 7) is 2.01. The molecule has 0 heterocycles. The first kappa shape index (κ1) is 12.7. The minimum Gasteiger partial charge on any atom is -0.508 e. The summed E-state index contributed by atoms with van der Waals surface area (Å²) >= 11 is 0. The van der Waals surface area contributed by atoms with Crippen LogP contribution in [0.15, 0.2) is 54.1 Å². The number of Topliss-reactive ketones (excluding diaryl/α,β-unsaturated/α-hetero) is 1. The first-order valence-electron chi connectivity index (χ1n) is 6.78. The molecule has 2 heteroatoms. The van der Waals surface area contributed by atoms with Crippen molar-refractivity contribution in [3.05, 3.63) is 70.8 Å². The van der Waals surface area contributed by atoms with Gasteiger partial charge in [-0.2, -0.15) is 0 Å². The van der Waals surface area contributed by atoms with Gasteiger partial charge in [0.1, 0.15) is 5.75 Å². The molecule has 0 aliphatic heterocycles. The van der Waals surface area contributed by atoms with E-state index in [9.17, 15) is 9.90 Å². The molecule has 0 amide bonds. The van der Waals surface area contributed by atoms with Gasteiger partial charge in [-0.15, -0.1) is 0 Å². The Labute approximate surface area is 118 Å². The van der Waals surface area contributed by atoms with E-state index in [0.717, 1.165) is 40.7 Å². The second-order valence-electron chi connectivity index (χ2n) is 5.14. The lowest BCUT2D eigenvalue weighted by Crippen LogP contribution is -2.15. The van der Waals surface area contributed by atoms with E-state index >= 15 is 0 Å². The van der Waals surface area contributed by atoms with Gasteiger partial charge in [0.2, 0.25) is 0 Å². The summed E-state index contributed by atoms with van der Waals surface area (Å²) in [5, 5.41) is 9.50. The van der Waals surface area contributed by atoms with Crippen molar-refractivity contribution in [3.8, 4) is 5.75 Å². The largest absolute Gasteiger partial charge is 0.508 e. The van der Waals surface area contributed by atoms with Crippen LogP contribution in [-0.4, -0.2) is 10.9 Å². The Morgan fingerprint density at radius 3 is 2.55 bits per heavy atom. The highest BCUT2D eigenvalue weighted by Gasteiger charge is 2.24. The van der Waals surface area contributed by atoms with Gasteiger partial charge in [0, 0.05) is 11.1 Å². The van der Waals surface area contributed by atoms with Crippen molar-refractivity contribution in [2.75, 3.05) is 0 Å². The van der Waals surface area contributed by atoms with Crippen molar-refractivity contribution in [1.82, 2.24) is 0 Å². The van der Waals surface area contributed by atoms with Crippen LogP contribution in [0, 0.1) is 0 Å². The van der Waals surface area contributed by atoms with E-state index in [1.807, 2.05) is 37.3 Å². The van der Waals surface area contributed by atoms with Gasteiger partial charge in [0.05, 0.1) is 0 Å². The minimum atomic E-state index is 0.0904. The van der Waals surface area contributed by atoms with Crippen LogP contribution in [0.3, 0.4) is 0 Å². The van der Waals surface area contributed by atoms with E-state index in [0.29, 0.717) is 0 Å². The second kappa shape index (κ2) is 4.97. The number of carbonyl (C=O) groups is 1. The maximum absolute atomic E-state index is 12.6. The Kier molecular flexibility index (Phi) is 3.15. The molecule has 0 saturated carbocycles. The fourth-order valence-corrected chi connectivity index (χ4v) is 2.76. The van der Waals surface area contributed by atoms with Crippen molar-refractivity contribution < 1.29 is 9.90 Å². The molecule has 0 spiro atoms. The van der Waals surface area contributed by atoms with Gasteiger partial charge in [-0.3, -0.25) is 4.79 Å². The van der Waals surface area contributed by atoms with Crippen molar-refractivity contribution in [1.29, 1.82) is 0 Å². The highest BCUT2D eigenvalue weighted by Crippen LogP contribution is 2.32.